The SMILES string of the molecule is C=C[C@@]12CC[C@H](O)[C@]1(C)O2. The second-order valence-corrected chi connectivity index (χ2v) is 3.36. The van der Waals surface area contributed by atoms with Crippen LogP contribution in [0.4, 0.5) is 0 Å². The molecule has 1 heterocycles. The molecule has 0 bridgehead atoms. The smallest absolute Gasteiger partial charge is 0.125 e. The Hall–Kier alpha value is -0.340. The molecule has 1 N–H and O–H groups in total. The summed E-state index contributed by atoms with van der Waals surface area (Å²) in [6, 6.07) is 0. The Balaban J connectivity index is 2.29. The van der Waals surface area contributed by atoms with Crippen molar-refractivity contribution in [3.63, 3.8) is 0 Å². The van der Waals surface area contributed by atoms with Gasteiger partial charge in [0.05, 0.1) is 6.10 Å². The summed E-state index contributed by atoms with van der Waals surface area (Å²) >= 11 is 0. The molecule has 56 valence electrons. The Labute approximate surface area is 60.5 Å². The molecule has 0 amide bonds. The lowest BCUT2D eigenvalue weighted by Crippen LogP contribution is -2.25. The lowest BCUT2D eigenvalue weighted by Gasteiger charge is -2.06. The van der Waals surface area contributed by atoms with Gasteiger partial charge in [-0.15, -0.1) is 6.58 Å². The lowest BCUT2D eigenvalue weighted by molar-refractivity contribution is 0.0721. The summed E-state index contributed by atoms with van der Waals surface area (Å²) in [4.78, 5) is 0. The molecule has 0 aromatic heterocycles. The number of hydrogen-bond acceptors (Lipinski definition) is 2. The molecule has 0 radical (unpaired) electrons. The van der Waals surface area contributed by atoms with Crippen molar-refractivity contribution in [2.45, 2.75) is 37.1 Å². The van der Waals surface area contributed by atoms with E-state index in [-0.39, 0.29) is 17.3 Å². The van der Waals surface area contributed by atoms with Crippen LogP contribution >= 0.6 is 0 Å². The maximum absolute atomic E-state index is 9.42. The molecule has 1 aliphatic carbocycles. The van der Waals surface area contributed by atoms with Gasteiger partial charge in [0.25, 0.3) is 0 Å². The summed E-state index contributed by atoms with van der Waals surface area (Å²) in [6.45, 7) is 5.65. The summed E-state index contributed by atoms with van der Waals surface area (Å²) in [5.41, 5.74) is -0.471. The molecular formula is C8H12O2. The highest BCUT2D eigenvalue weighted by atomic mass is 16.6. The Morgan fingerprint density at radius 2 is 2.50 bits per heavy atom. The van der Waals surface area contributed by atoms with Crippen LogP contribution in [0.1, 0.15) is 19.8 Å². The van der Waals surface area contributed by atoms with E-state index >= 15 is 0 Å². The van der Waals surface area contributed by atoms with Crippen LogP contribution < -0.4 is 0 Å². The number of hydrogen-bond donors (Lipinski definition) is 1. The van der Waals surface area contributed by atoms with Crippen LogP contribution in [0.15, 0.2) is 12.7 Å². The number of rotatable bonds is 1. The van der Waals surface area contributed by atoms with Crippen molar-refractivity contribution >= 4 is 0 Å². The van der Waals surface area contributed by atoms with Crippen molar-refractivity contribution in [2.24, 2.45) is 0 Å². The minimum absolute atomic E-state index is 0.174. The predicted molar refractivity (Wildman–Crippen MR) is 37.7 cm³/mol. The van der Waals surface area contributed by atoms with E-state index in [4.69, 9.17) is 4.74 Å². The molecule has 3 atom stereocenters. The molecule has 10 heavy (non-hydrogen) atoms. The van der Waals surface area contributed by atoms with Crippen molar-refractivity contribution in [3.05, 3.63) is 12.7 Å². The van der Waals surface area contributed by atoms with Crippen LogP contribution in [0.2, 0.25) is 0 Å². The van der Waals surface area contributed by atoms with Crippen LogP contribution in [0.5, 0.6) is 0 Å². The third kappa shape index (κ3) is 0.444. The molecule has 2 heteroatoms. The summed E-state index contributed by atoms with van der Waals surface area (Å²) in [6.07, 6.45) is 3.31. The minimum Gasteiger partial charge on any atom is -0.390 e. The first-order chi connectivity index (χ1) is 4.65. The molecule has 0 aromatic rings. The average molecular weight is 140 g/mol. The van der Waals surface area contributed by atoms with Crippen molar-refractivity contribution in [1.29, 1.82) is 0 Å². The van der Waals surface area contributed by atoms with Crippen LogP contribution in [0.3, 0.4) is 0 Å². The number of epoxide rings is 1. The largest absolute Gasteiger partial charge is 0.390 e. The third-order valence-corrected chi connectivity index (χ3v) is 2.95. The van der Waals surface area contributed by atoms with Gasteiger partial charge < -0.3 is 9.84 Å². The van der Waals surface area contributed by atoms with Gasteiger partial charge in [-0.1, -0.05) is 6.08 Å². The lowest BCUT2D eigenvalue weighted by atomic mass is 9.97. The number of aliphatic hydroxyl groups excluding tert-OH is 1. The molecule has 2 nitrogen and oxygen atoms in total. The Morgan fingerprint density at radius 1 is 1.80 bits per heavy atom. The third-order valence-electron chi connectivity index (χ3n) is 2.95. The van der Waals surface area contributed by atoms with Crippen LogP contribution in [0.25, 0.3) is 0 Å². The van der Waals surface area contributed by atoms with Gasteiger partial charge in [0.15, 0.2) is 0 Å². The van der Waals surface area contributed by atoms with E-state index in [0.717, 1.165) is 12.8 Å². The van der Waals surface area contributed by atoms with Gasteiger partial charge >= 0.3 is 0 Å². The predicted octanol–water partition coefficient (Wildman–Crippen LogP) is 0.855. The topological polar surface area (TPSA) is 32.8 Å². The average Bonchev–Trinajstić information content (AvgIpc) is 2.47. The second-order valence-electron chi connectivity index (χ2n) is 3.36. The van der Waals surface area contributed by atoms with Gasteiger partial charge in [-0.05, 0) is 19.8 Å². The van der Waals surface area contributed by atoms with Crippen molar-refractivity contribution in [1.82, 2.24) is 0 Å². The van der Waals surface area contributed by atoms with E-state index in [1.54, 1.807) is 0 Å². The number of ether oxygens (including phenoxy) is 1. The first-order valence-corrected chi connectivity index (χ1v) is 3.66. The van der Waals surface area contributed by atoms with Gasteiger partial charge in [0, 0.05) is 0 Å². The molecule has 2 fully saturated rings. The highest BCUT2D eigenvalue weighted by Gasteiger charge is 2.72. The quantitative estimate of drug-likeness (QED) is 0.432. The maximum Gasteiger partial charge on any atom is 0.125 e. The van der Waals surface area contributed by atoms with Gasteiger partial charge in [-0.25, -0.2) is 0 Å². The molecule has 0 aromatic carbocycles. The van der Waals surface area contributed by atoms with Crippen molar-refractivity contribution in [3.8, 4) is 0 Å². The Bertz CT molecular complexity index is 186. The monoisotopic (exact) mass is 140 g/mol. The second kappa shape index (κ2) is 1.46. The number of aliphatic hydroxyl groups is 1. The highest BCUT2D eigenvalue weighted by molar-refractivity contribution is 5.29. The molecule has 1 saturated heterocycles. The summed E-state index contributed by atoms with van der Waals surface area (Å²) in [5.74, 6) is 0. The van der Waals surface area contributed by atoms with Gasteiger partial charge in [-0.2, -0.15) is 0 Å². The Morgan fingerprint density at radius 3 is 2.70 bits per heavy atom. The molecule has 2 rings (SSSR count). The molecule has 1 aliphatic heterocycles. The normalized spacial score (nSPS) is 58.0. The number of fused-ring (bicyclic) bond motifs is 1. The molecule has 0 unspecified atom stereocenters. The van der Waals surface area contributed by atoms with Crippen LogP contribution in [-0.4, -0.2) is 22.4 Å². The molecule has 1 saturated carbocycles. The minimum atomic E-state index is -0.297. The summed E-state index contributed by atoms with van der Waals surface area (Å²) in [5, 5.41) is 9.42. The van der Waals surface area contributed by atoms with Gasteiger partial charge in [0.1, 0.15) is 11.2 Å². The fourth-order valence-electron chi connectivity index (χ4n) is 1.98. The van der Waals surface area contributed by atoms with Gasteiger partial charge in [-0.3, -0.25) is 0 Å². The van der Waals surface area contributed by atoms with E-state index in [2.05, 4.69) is 6.58 Å². The summed E-state index contributed by atoms with van der Waals surface area (Å²) in [7, 11) is 0. The zero-order valence-electron chi connectivity index (χ0n) is 6.13. The Kier molecular flexibility index (Phi) is 0.930. The zero-order valence-corrected chi connectivity index (χ0v) is 6.13. The van der Waals surface area contributed by atoms with E-state index in [1.165, 1.54) is 0 Å². The fourth-order valence-corrected chi connectivity index (χ4v) is 1.98. The van der Waals surface area contributed by atoms with Gasteiger partial charge in [0.2, 0.25) is 0 Å². The van der Waals surface area contributed by atoms with Crippen LogP contribution in [0, 0.1) is 0 Å². The standard InChI is InChI=1S/C8H12O2/c1-3-8-5-4-6(9)7(8,2)10-8/h3,6,9H,1,4-5H2,2H3/t6-,7-,8+/m0/s1. The fraction of sp³-hybridized carbons (Fsp3) is 0.750. The molecule has 2 aliphatic rings. The van der Waals surface area contributed by atoms with E-state index in [9.17, 15) is 5.11 Å². The zero-order chi connectivity index (χ0) is 7.41. The van der Waals surface area contributed by atoms with E-state index in [0.29, 0.717) is 0 Å². The van der Waals surface area contributed by atoms with E-state index < -0.39 is 0 Å². The maximum atomic E-state index is 9.42. The van der Waals surface area contributed by atoms with E-state index in [1.807, 2.05) is 13.0 Å². The first kappa shape index (κ1) is 6.38. The van der Waals surface area contributed by atoms with Crippen molar-refractivity contribution in [2.75, 3.05) is 0 Å². The molecule has 0 spiro atoms. The highest BCUT2D eigenvalue weighted by Crippen LogP contribution is 2.59. The molecular weight excluding hydrogens is 128 g/mol. The summed E-state index contributed by atoms with van der Waals surface area (Å²) < 4.78 is 5.42. The van der Waals surface area contributed by atoms with Crippen LogP contribution in [-0.2, 0) is 4.74 Å². The first-order valence-electron chi connectivity index (χ1n) is 3.66. The van der Waals surface area contributed by atoms with Crippen molar-refractivity contribution < 1.29 is 9.84 Å².